The van der Waals surface area contributed by atoms with Crippen LogP contribution in [0.25, 0.3) is 0 Å². The molecule has 1 aromatic rings. The van der Waals surface area contributed by atoms with Gasteiger partial charge in [-0.2, -0.15) is 0 Å². The summed E-state index contributed by atoms with van der Waals surface area (Å²) in [6, 6.07) is 7.23. The van der Waals surface area contributed by atoms with Gasteiger partial charge in [-0.15, -0.1) is 0 Å². The Labute approximate surface area is 165 Å². The number of carbonyl (C=O) groups excluding carboxylic acids is 2. The molecule has 7 nitrogen and oxygen atoms in total. The molecule has 1 spiro atoms. The van der Waals surface area contributed by atoms with E-state index in [2.05, 4.69) is 0 Å². The molecule has 2 N–H and O–H groups in total. The number of likely N-dealkylation sites (tertiary alicyclic amines) is 2. The van der Waals surface area contributed by atoms with Gasteiger partial charge in [0.25, 0.3) is 0 Å². The predicted octanol–water partition coefficient (Wildman–Crippen LogP) is 1.27. The number of nitrogens with two attached hydrogens (primary N) is 1. The van der Waals surface area contributed by atoms with Crippen molar-refractivity contribution in [3.63, 3.8) is 0 Å². The van der Waals surface area contributed by atoms with Crippen LogP contribution in [0, 0.1) is 17.3 Å². The molecule has 0 aromatic heterocycles. The van der Waals surface area contributed by atoms with Crippen LogP contribution in [0.4, 0.5) is 4.79 Å². The van der Waals surface area contributed by atoms with Crippen LogP contribution in [0.1, 0.15) is 24.8 Å². The second-order valence-electron chi connectivity index (χ2n) is 8.87. The highest BCUT2D eigenvalue weighted by Crippen LogP contribution is 2.53. The van der Waals surface area contributed by atoms with Gasteiger partial charge in [-0.1, -0.05) is 12.1 Å². The van der Waals surface area contributed by atoms with Crippen LogP contribution in [-0.4, -0.2) is 62.6 Å². The normalized spacial score (nSPS) is 24.1. The van der Waals surface area contributed by atoms with Gasteiger partial charge < -0.3 is 15.5 Å². The lowest BCUT2D eigenvalue weighted by Crippen LogP contribution is -2.65. The Hall–Kier alpha value is -2.09. The van der Waals surface area contributed by atoms with Crippen LogP contribution in [0.5, 0.6) is 0 Å². The van der Waals surface area contributed by atoms with Gasteiger partial charge in [0.05, 0.1) is 10.8 Å². The van der Waals surface area contributed by atoms with Gasteiger partial charge >= 0.3 is 6.03 Å². The zero-order valence-corrected chi connectivity index (χ0v) is 17.0. The molecule has 1 aromatic carbocycles. The van der Waals surface area contributed by atoms with E-state index in [1.165, 1.54) is 6.26 Å². The first-order valence-electron chi connectivity index (χ1n) is 9.77. The lowest BCUT2D eigenvalue weighted by Gasteiger charge is -2.59. The first-order chi connectivity index (χ1) is 13.2. The fraction of sp³-hybridized carbons (Fsp3) is 0.600. The number of nitrogens with zero attached hydrogens (tertiary/aromatic N) is 2. The standard InChI is InChI=1S/C20H27N3O4S/c1-28(26,27)17-4-2-3-14(8-17)7-15-9-20(10-15)12-23(13-20)19(25)22-6-5-16(11-22)18(21)24/h2-4,8,15-16H,5-7,9-13H2,1H3,(H2,21,24)/t16-/m0/s1. The second-order valence-corrected chi connectivity index (χ2v) is 10.9. The van der Waals surface area contributed by atoms with Crippen LogP contribution in [0.15, 0.2) is 29.2 Å². The fourth-order valence-electron chi connectivity index (χ4n) is 5.07. The molecule has 1 atom stereocenters. The number of primary amides is 1. The molecule has 3 aliphatic rings. The molecular weight excluding hydrogens is 378 g/mol. The second kappa shape index (κ2) is 6.76. The van der Waals surface area contributed by atoms with E-state index in [4.69, 9.17) is 5.73 Å². The van der Waals surface area contributed by atoms with Gasteiger partial charge in [-0.25, -0.2) is 13.2 Å². The Balaban J connectivity index is 1.26. The lowest BCUT2D eigenvalue weighted by atomic mass is 9.56. The summed E-state index contributed by atoms with van der Waals surface area (Å²) in [6.45, 7) is 2.61. The summed E-state index contributed by atoms with van der Waals surface area (Å²) in [6.07, 6.45) is 4.92. The third-order valence-electron chi connectivity index (χ3n) is 6.48. The average Bonchev–Trinajstić information content (AvgIpc) is 3.05. The minimum atomic E-state index is -3.18. The molecule has 8 heteroatoms. The van der Waals surface area contributed by atoms with E-state index in [1.807, 2.05) is 11.0 Å². The Kier molecular flexibility index (Phi) is 4.64. The first-order valence-corrected chi connectivity index (χ1v) is 11.7. The third kappa shape index (κ3) is 3.62. The van der Waals surface area contributed by atoms with Crippen LogP contribution in [0.3, 0.4) is 0 Å². The maximum atomic E-state index is 12.6. The molecule has 2 saturated heterocycles. The molecule has 3 amide bonds. The molecule has 2 heterocycles. The van der Waals surface area contributed by atoms with E-state index in [-0.39, 0.29) is 23.3 Å². The third-order valence-corrected chi connectivity index (χ3v) is 7.59. The minimum Gasteiger partial charge on any atom is -0.369 e. The van der Waals surface area contributed by atoms with Crippen molar-refractivity contribution in [2.24, 2.45) is 23.0 Å². The van der Waals surface area contributed by atoms with Crippen LogP contribution in [0.2, 0.25) is 0 Å². The SMILES string of the molecule is CS(=O)(=O)c1cccc(CC2CC3(C2)CN(C(=O)N2CC[C@H](C(N)=O)C2)C3)c1. The summed E-state index contributed by atoms with van der Waals surface area (Å²) in [5, 5.41) is 0. The Morgan fingerprint density at radius 2 is 1.93 bits per heavy atom. The fourth-order valence-corrected chi connectivity index (χ4v) is 5.76. The smallest absolute Gasteiger partial charge is 0.320 e. The van der Waals surface area contributed by atoms with Crippen molar-refractivity contribution in [2.45, 2.75) is 30.6 Å². The van der Waals surface area contributed by atoms with E-state index in [0.29, 0.717) is 30.3 Å². The van der Waals surface area contributed by atoms with E-state index >= 15 is 0 Å². The monoisotopic (exact) mass is 405 g/mol. The summed E-state index contributed by atoms with van der Waals surface area (Å²) in [5.41, 5.74) is 6.64. The number of hydrogen-bond donors (Lipinski definition) is 1. The van der Waals surface area contributed by atoms with Crippen molar-refractivity contribution in [2.75, 3.05) is 32.4 Å². The van der Waals surface area contributed by atoms with Gasteiger partial charge in [-0.3, -0.25) is 4.79 Å². The minimum absolute atomic E-state index is 0.0266. The van der Waals surface area contributed by atoms with Crippen LogP contribution >= 0.6 is 0 Å². The number of sulfone groups is 1. The molecule has 1 saturated carbocycles. The molecule has 1 aliphatic carbocycles. The Morgan fingerprint density at radius 1 is 1.21 bits per heavy atom. The van der Waals surface area contributed by atoms with Crippen molar-refractivity contribution >= 4 is 21.8 Å². The summed E-state index contributed by atoms with van der Waals surface area (Å²) < 4.78 is 23.4. The topological polar surface area (TPSA) is 101 Å². The average molecular weight is 406 g/mol. The highest BCUT2D eigenvalue weighted by Gasteiger charge is 2.54. The van der Waals surface area contributed by atoms with Crippen molar-refractivity contribution < 1.29 is 18.0 Å². The quantitative estimate of drug-likeness (QED) is 0.815. The van der Waals surface area contributed by atoms with Gasteiger partial charge in [0.2, 0.25) is 5.91 Å². The molecule has 4 rings (SSSR count). The Bertz CT molecular complexity index is 900. The van der Waals surface area contributed by atoms with Crippen molar-refractivity contribution in [1.29, 1.82) is 0 Å². The first kappa shape index (κ1) is 19.2. The zero-order chi connectivity index (χ0) is 20.1. The summed E-state index contributed by atoms with van der Waals surface area (Å²) >= 11 is 0. The number of amides is 3. The van der Waals surface area contributed by atoms with E-state index in [9.17, 15) is 18.0 Å². The molecular formula is C20H27N3O4S. The largest absolute Gasteiger partial charge is 0.369 e. The molecule has 2 aliphatic heterocycles. The molecule has 3 fully saturated rings. The van der Waals surface area contributed by atoms with Gasteiger partial charge in [-0.05, 0) is 49.3 Å². The lowest BCUT2D eigenvalue weighted by molar-refractivity contribution is -0.121. The molecule has 0 radical (unpaired) electrons. The number of carbonyl (C=O) groups is 2. The van der Waals surface area contributed by atoms with E-state index in [0.717, 1.165) is 37.9 Å². The van der Waals surface area contributed by atoms with Crippen LogP contribution < -0.4 is 5.73 Å². The molecule has 0 bridgehead atoms. The summed E-state index contributed by atoms with van der Waals surface area (Å²) in [5.74, 6) is 0.00483. The van der Waals surface area contributed by atoms with Crippen LogP contribution in [-0.2, 0) is 21.1 Å². The van der Waals surface area contributed by atoms with Gasteiger partial charge in [0.1, 0.15) is 0 Å². The highest BCUT2D eigenvalue weighted by atomic mass is 32.2. The maximum absolute atomic E-state index is 12.6. The summed E-state index contributed by atoms with van der Waals surface area (Å²) in [4.78, 5) is 27.8. The zero-order valence-electron chi connectivity index (χ0n) is 16.1. The number of hydrogen-bond acceptors (Lipinski definition) is 4. The van der Waals surface area contributed by atoms with Crippen molar-refractivity contribution in [1.82, 2.24) is 9.80 Å². The molecule has 28 heavy (non-hydrogen) atoms. The van der Waals surface area contributed by atoms with Gasteiger partial charge in [0, 0.05) is 37.8 Å². The van der Waals surface area contributed by atoms with E-state index < -0.39 is 9.84 Å². The Morgan fingerprint density at radius 3 is 2.54 bits per heavy atom. The highest BCUT2D eigenvalue weighted by molar-refractivity contribution is 7.90. The van der Waals surface area contributed by atoms with E-state index in [1.54, 1.807) is 23.1 Å². The molecule has 152 valence electrons. The number of rotatable bonds is 4. The van der Waals surface area contributed by atoms with Crippen molar-refractivity contribution in [3.8, 4) is 0 Å². The number of urea groups is 1. The van der Waals surface area contributed by atoms with Crippen molar-refractivity contribution in [3.05, 3.63) is 29.8 Å². The predicted molar refractivity (Wildman–Crippen MR) is 104 cm³/mol. The summed E-state index contributed by atoms with van der Waals surface area (Å²) in [7, 11) is -3.18. The maximum Gasteiger partial charge on any atom is 0.320 e. The molecule has 0 unspecified atom stereocenters. The number of benzene rings is 1. The van der Waals surface area contributed by atoms with Gasteiger partial charge in [0.15, 0.2) is 9.84 Å².